The third kappa shape index (κ3) is 6.32. The van der Waals surface area contributed by atoms with Crippen molar-refractivity contribution in [2.24, 2.45) is 0 Å². The van der Waals surface area contributed by atoms with Crippen LogP contribution in [0.1, 0.15) is 39.5 Å². The summed E-state index contributed by atoms with van der Waals surface area (Å²) in [7, 11) is 1.99. The van der Waals surface area contributed by atoms with Crippen LogP contribution in [0.3, 0.4) is 0 Å². The number of nitrogens with zero attached hydrogens (tertiary/aromatic N) is 1. The molecule has 68 valence electrons. The molecule has 1 N–H and O–H groups in total. The second-order valence-corrected chi connectivity index (χ2v) is 2.86. The largest absolute Gasteiger partial charge is 0.258 e. The number of nitrogens with one attached hydrogen (secondary N) is 1. The fourth-order valence-corrected chi connectivity index (χ4v) is 1.16. The summed E-state index contributed by atoms with van der Waals surface area (Å²) in [6, 6.07) is 0. The number of unbranched alkanes of at least 4 members (excludes halogenated alkanes) is 3. The Labute approximate surface area is 70.9 Å². The summed E-state index contributed by atoms with van der Waals surface area (Å²) in [6.07, 6.45) is 5.39. The van der Waals surface area contributed by atoms with Crippen molar-refractivity contribution < 1.29 is 0 Å². The third-order valence-corrected chi connectivity index (χ3v) is 1.98. The van der Waals surface area contributed by atoms with Gasteiger partial charge in [0.1, 0.15) is 0 Å². The van der Waals surface area contributed by atoms with Crippen molar-refractivity contribution in [2.45, 2.75) is 39.5 Å². The van der Waals surface area contributed by atoms with Gasteiger partial charge < -0.3 is 0 Å². The standard InChI is InChI=1S/C9H22N2/c1-4-6-7-8-9-11(5-2)10-3/h10H,4-9H2,1-3H3. The van der Waals surface area contributed by atoms with Gasteiger partial charge in [0.15, 0.2) is 0 Å². The Hall–Kier alpha value is -0.0800. The van der Waals surface area contributed by atoms with E-state index in [0.717, 1.165) is 6.54 Å². The van der Waals surface area contributed by atoms with Crippen LogP contribution in [-0.4, -0.2) is 25.1 Å². The van der Waals surface area contributed by atoms with Crippen LogP contribution < -0.4 is 5.43 Å². The van der Waals surface area contributed by atoms with Gasteiger partial charge >= 0.3 is 0 Å². The van der Waals surface area contributed by atoms with Crippen LogP contribution in [0.4, 0.5) is 0 Å². The normalized spacial score (nSPS) is 10.9. The minimum absolute atomic E-state index is 1.10. The van der Waals surface area contributed by atoms with E-state index in [0.29, 0.717) is 0 Å². The lowest BCUT2D eigenvalue weighted by Crippen LogP contribution is -2.35. The molecule has 0 fully saturated rings. The molecule has 0 aromatic carbocycles. The first-order valence-corrected chi connectivity index (χ1v) is 4.77. The summed E-state index contributed by atoms with van der Waals surface area (Å²) < 4.78 is 0. The first kappa shape index (κ1) is 10.9. The fourth-order valence-electron chi connectivity index (χ4n) is 1.16. The van der Waals surface area contributed by atoms with Crippen LogP contribution >= 0.6 is 0 Å². The lowest BCUT2D eigenvalue weighted by molar-refractivity contribution is 0.214. The van der Waals surface area contributed by atoms with Gasteiger partial charge in [0.2, 0.25) is 0 Å². The van der Waals surface area contributed by atoms with Crippen molar-refractivity contribution in [3.8, 4) is 0 Å². The quantitative estimate of drug-likeness (QED) is 0.450. The summed E-state index contributed by atoms with van der Waals surface area (Å²) >= 11 is 0. The van der Waals surface area contributed by atoms with Gasteiger partial charge in [-0.2, -0.15) is 0 Å². The van der Waals surface area contributed by atoms with Gasteiger partial charge in [0.05, 0.1) is 0 Å². The second-order valence-electron chi connectivity index (χ2n) is 2.86. The predicted molar refractivity (Wildman–Crippen MR) is 50.4 cm³/mol. The lowest BCUT2D eigenvalue weighted by Gasteiger charge is -2.18. The molecule has 2 nitrogen and oxygen atoms in total. The Morgan fingerprint density at radius 2 is 1.82 bits per heavy atom. The van der Waals surface area contributed by atoms with Crippen molar-refractivity contribution in [2.75, 3.05) is 20.1 Å². The van der Waals surface area contributed by atoms with Crippen LogP contribution in [0.2, 0.25) is 0 Å². The maximum absolute atomic E-state index is 3.16. The van der Waals surface area contributed by atoms with Crippen molar-refractivity contribution in [1.29, 1.82) is 0 Å². The van der Waals surface area contributed by atoms with E-state index < -0.39 is 0 Å². The molecule has 0 aliphatic carbocycles. The van der Waals surface area contributed by atoms with E-state index >= 15 is 0 Å². The highest BCUT2D eigenvalue weighted by Gasteiger charge is 1.96. The molecule has 0 unspecified atom stereocenters. The van der Waals surface area contributed by atoms with Gasteiger partial charge in [0, 0.05) is 13.1 Å². The van der Waals surface area contributed by atoms with Crippen molar-refractivity contribution in [3.63, 3.8) is 0 Å². The molecule has 0 aromatic heterocycles. The first-order valence-electron chi connectivity index (χ1n) is 4.77. The Bertz CT molecular complexity index is 70.0. The van der Waals surface area contributed by atoms with Gasteiger partial charge in [-0.05, 0) is 13.5 Å². The van der Waals surface area contributed by atoms with Crippen LogP contribution in [-0.2, 0) is 0 Å². The first-order chi connectivity index (χ1) is 5.35. The van der Waals surface area contributed by atoms with E-state index in [1.54, 1.807) is 0 Å². The molecule has 0 aromatic rings. The average Bonchev–Trinajstić information content (AvgIpc) is 2.05. The van der Waals surface area contributed by atoms with Crippen LogP contribution in [0.15, 0.2) is 0 Å². The molecular weight excluding hydrogens is 136 g/mol. The molecule has 0 bridgehead atoms. The average molecular weight is 158 g/mol. The molecule has 0 heterocycles. The molecule has 0 saturated carbocycles. The topological polar surface area (TPSA) is 15.3 Å². The predicted octanol–water partition coefficient (Wildman–Crippen LogP) is 2.02. The van der Waals surface area contributed by atoms with Crippen molar-refractivity contribution in [3.05, 3.63) is 0 Å². The number of hydrogen-bond acceptors (Lipinski definition) is 2. The third-order valence-electron chi connectivity index (χ3n) is 1.98. The van der Waals surface area contributed by atoms with Gasteiger partial charge in [-0.3, -0.25) is 5.43 Å². The van der Waals surface area contributed by atoms with E-state index in [1.807, 2.05) is 7.05 Å². The molecule has 0 atom stereocenters. The van der Waals surface area contributed by atoms with Crippen LogP contribution in [0.5, 0.6) is 0 Å². The fraction of sp³-hybridized carbons (Fsp3) is 1.00. The maximum atomic E-state index is 3.16. The summed E-state index contributed by atoms with van der Waals surface area (Å²) in [5.41, 5.74) is 3.16. The molecule has 0 saturated heterocycles. The molecule has 0 amide bonds. The van der Waals surface area contributed by atoms with Gasteiger partial charge in [-0.25, -0.2) is 5.01 Å². The van der Waals surface area contributed by atoms with Crippen molar-refractivity contribution >= 4 is 0 Å². The van der Waals surface area contributed by atoms with E-state index in [4.69, 9.17) is 0 Å². The second kappa shape index (κ2) is 8.02. The highest BCUT2D eigenvalue weighted by molar-refractivity contribution is 4.47. The minimum atomic E-state index is 1.10. The Kier molecular flexibility index (Phi) is 7.96. The number of hydrazine groups is 1. The van der Waals surface area contributed by atoms with Crippen molar-refractivity contribution in [1.82, 2.24) is 10.4 Å². The zero-order chi connectivity index (χ0) is 8.53. The molecule has 0 rings (SSSR count). The molecular formula is C9H22N2. The molecule has 11 heavy (non-hydrogen) atoms. The van der Waals surface area contributed by atoms with E-state index in [1.165, 1.54) is 32.2 Å². The summed E-state index contributed by atoms with van der Waals surface area (Å²) in [5.74, 6) is 0. The maximum Gasteiger partial charge on any atom is 0.0130 e. The van der Waals surface area contributed by atoms with Crippen LogP contribution in [0, 0.1) is 0 Å². The zero-order valence-corrected chi connectivity index (χ0v) is 8.19. The molecule has 0 aliphatic heterocycles. The Morgan fingerprint density at radius 3 is 2.27 bits per heavy atom. The number of rotatable bonds is 7. The van der Waals surface area contributed by atoms with E-state index in [2.05, 4.69) is 24.3 Å². The Morgan fingerprint density at radius 1 is 1.09 bits per heavy atom. The SMILES string of the molecule is CCCCCCN(CC)NC. The highest BCUT2D eigenvalue weighted by Crippen LogP contribution is 1.99. The minimum Gasteiger partial charge on any atom is -0.258 e. The summed E-state index contributed by atoms with van der Waals surface area (Å²) in [6.45, 7) is 6.71. The molecule has 0 radical (unpaired) electrons. The molecule has 0 aliphatic rings. The van der Waals surface area contributed by atoms with Gasteiger partial charge in [-0.15, -0.1) is 0 Å². The summed E-state index contributed by atoms with van der Waals surface area (Å²) in [5, 5.41) is 2.25. The Balaban J connectivity index is 3.07. The molecule has 2 heteroatoms. The highest BCUT2D eigenvalue weighted by atomic mass is 15.5. The van der Waals surface area contributed by atoms with Gasteiger partial charge in [0.25, 0.3) is 0 Å². The van der Waals surface area contributed by atoms with E-state index in [9.17, 15) is 0 Å². The van der Waals surface area contributed by atoms with Crippen LogP contribution in [0.25, 0.3) is 0 Å². The lowest BCUT2D eigenvalue weighted by atomic mass is 10.2. The molecule has 0 spiro atoms. The summed E-state index contributed by atoms with van der Waals surface area (Å²) in [4.78, 5) is 0. The monoisotopic (exact) mass is 158 g/mol. The smallest absolute Gasteiger partial charge is 0.0130 e. The number of hydrogen-bond donors (Lipinski definition) is 1. The van der Waals surface area contributed by atoms with E-state index in [-0.39, 0.29) is 0 Å². The van der Waals surface area contributed by atoms with Gasteiger partial charge in [-0.1, -0.05) is 33.1 Å². The zero-order valence-electron chi connectivity index (χ0n) is 8.19.